The van der Waals surface area contributed by atoms with Gasteiger partial charge >= 0.3 is 5.97 Å². The molecule has 9 heteroatoms. The minimum Gasteiger partial charge on any atom is -0.466 e. The van der Waals surface area contributed by atoms with Gasteiger partial charge in [-0.15, -0.1) is 0 Å². The van der Waals surface area contributed by atoms with E-state index in [1.54, 1.807) is 22.8 Å². The highest BCUT2D eigenvalue weighted by Gasteiger charge is 2.41. The minimum atomic E-state index is -0.698. The molecule has 1 aromatic carbocycles. The van der Waals surface area contributed by atoms with Crippen LogP contribution >= 0.6 is 0 Å². The van der Waals surface area contributed by atoms with Crippen LogP contribution in [0.1, 0.15) is 49.4 Å². The van der Waals surface area contributed by atoms with E-state index < -0.39 is 5.66 Å². The highest BCUT2D eigenvalue weighted by Crippen LogP contribution is 2.31. The topological polar surface area (TPSA) is 108 Å². The van der Waals surface area contributed by atoms with Crippen molar-refractivity contribution in [2.45, 2.75) is 44.7 Å². The average molecular weight is 443 g/mol. The summed E-state index contributed by atoms with van der Waals surface area (Å²) < 4.78 is 5.08. The average Bonchev–Trinajstić information content (AvgIpc) is 2.93. The Morgan fingerprint density at radius 3 is 2.59 bits per heavy atom. The summed E-state index contributed by atoms with van der Waals surface area (Å²) >= 11 is 0. The van der Waals surface area contributed by atoms with E-state index in [1.165, 1.54) is 0 Å². The van der Waals surface area contributed by atoms with Crippen LogP contribution in [-0.2, 0) is 19.1 Å². The third-order valence-electron chi connectivity index (χ3n) is 6.62. The summed E-state index contributed by atoms with van der Waals surface area (Å²) in [7, 11) is 0. The van der Waals surface area contributed by atoms with Crippen molar-refractivity contribution in [3.05, 3.63) is 29.8 Å². The number of carbonyl (C=O) groups is 4. The highest BCUT2D eigenvalue weighted by atomic mass is 16.5. The largest absolute Gasteiger partial charge is 0.466 e. The van der Waals surface area contributed by atoms with Gasteiger partial charge in [-0.05, 0) is 38.3 Å². The lowest BCUT2D eigenvalue weighted by Crippen LogP contribution is -2.58. The Kier molecular flexibility index (Phi) is 6.34. The molecule has 0 saturated carbocycles. The van der Waals surface area contributed by atoms with Crippen LogP contribution in [0.3, 0.4) is 0 Å². The van der Waals surface area contributed by atoms with Gasteiger partial charge in [-0.1, -0.05) is 12.1 Å². The van der Waals surface area contributed by atoms with Gasteiger partial charge in [-0.25, -0.2) is 0 Å². The SMILES string of the molecule is CCOC(=O)C1CCN(C(=O)CN2CC[C@]3(CCC2=O)NC(=O)c2ccccc2N3)CC1. The first kappa shape index (κ1) is 22.1. The van der Waals surface area contributed by atoms with Gasteiger partial charge < -0.3 is 25.2 Å². The Morgan fingerprint density at radius 1 is 1.09 bits per heavy atom. The number of ether oxygens (including phenoxy) is 1. The van der Waals surface area contributed by atoms with E-state index in [9.17, 15) is 19.2 Å². The third-order valence-corrected chi connectivity index (χ3v) is 6.62. The second-order valence-electron chi connectivity index (χ2n) is 8.68. The molecule has 4 rings (SSSR count). The molecule has 3 aliphatic rings. The number of nitrogens with one attached hydrogen (secondary N) is 2. The Morgan fingerprint density at radius 2 is 1.84 bits per heavy atom. The molecule has 0 unspecified atom stereocenters. The monoisotopic (exact) mass is 442 g/mol. The molecule has 2 N–H and O–H groups in total. The number of hydrogen-bond acceptors (Lipinski definition) is 6. The van der Waals surface area contributed by atoms with Crippen LogP contribution in [0, 0.1) is 5.92 Å². The predicted octanol–water partition coefficient (Wildman–Crippen LogP) is 1.35. The molecule has 3 amide bonds. The lowest BCUT2D eigenvalue weighted by molar-refractivity contribution is -0.151. The molecular formula is C23H30N4O5. The van der Waals surface area contributed by atoms with E-state index in [-0.39, 0.29) is 42.6 Å². The van der Waals surface area contributed by atoms with Crippen molar-refractivity contribution in [3.63, 3.8) is 0 Å². The fourth-order valence-electron chi connectivity index (χ4n) is 4.72. The second-order valence-corrected chi connectivity index (χ2v) is 8.68. The van der Waals surface area contributed by atoms with Crippen molar-refractivity contribution < 1.29 is 23.9 Å². The Balaban J connectivity index is 1.34. The zero-order valence-electron chi connectivity index (χ0n) is 18.4. The van der Waals surface area contributed by atoms with Crippen LogP contribution in [0.4, 0.5) is 5.69 Å². The molecule has 32 heavy (non-hydrogen) atoms. The highest BCUT2D eigenvalue weighted by molar-refractivity contribution is 6.02. The maximum absolute atomic E-state index is 12.8. The number of para-hydroxylation sites is 1. The summed E-state index contributed by atoms with van der Waals surface area (Å²) in [6.45, 7) is 3.51. The lowest BCUT2D eigenvalue weighted by Gasteiger charge is -2.40. The van der Waals surface area contributed by atoms with Gasteiger partial charge in [0.15, 0.2) is 0 Å². The van der Waals surface area contributed by atoms with Crippen LogP contribution in [-0.4, -0.2) is 71.9 Å². The number of nitrogens with zero attached hydrogens (tertiary/aromatic N) is 2. The zero-order valence-corrected chi connectivity index (χ0v) is 18.4. The number of piperidine rings is 1. The Labute approximate surface area is 187 Å². The van der Waals surface area contributed by atoms with Crippen molar-refractivity contribution in [2.75, 3.05) is 38.1 Å². The van der Waals surface area contributed by atoms with Gasteiger partial charge in [0.1, 0.15) is 5.66 Å². The number of anilines is 1. The van der Waals surface area contributed by atoms with Crippen LogP contribution in [0.2, 0.25) is 0 Å². The lowest BCUT2D eigenvalue weighted by atomic mass is 9.95. The third kappa shape index (κ3) is 4.56. The van der Waals surface area contributed by atoms with Crippen molar-refractivity contribution >= 4 is 29.4 Å². The number of hydrogen-bond donors (Lipinski definition) is 2. The molecule has 0 bridgehead atoms. The van der Waals surface area contributed by atoms with E-state index in [2.05, 4.69) is 10.6 Å². The molecular weight excluding hydrogens is 412 g/mol. The number of benzene rings is 1. The van der Waals surface area contributed by atoms with Crippen LogP contribution < -0.4 is 10.6 Å². The molecule has 3 aliphatic heterocycles. The van der Waals surface area contributed by atoms with Crippen molar-refractivity contribution in [3.8, 4) is 0 Å². The van der Waals surface area contributed by atoms with Crippen LogP contribution in [0.25, 0.3) is 0 Å². The van der Waals surface area contributed by atoms with Gasteiger partial charge in [-0.3, -0.25) is 19.2 Å². The first-order chi connectivity index (χ1) is 15.4. The number of rotatable bonds is 4. The predicted molar refractivity (Wildman–Crippen MR) is 117 cm³/mol. The summed E-state index contributed by atoms with van der Waals surface area (Å²) in [5, 5.41) is 6.46. The van der Waals surface area contributed by atoms with Gasteiger partial charge in [0.2, 0.25) is 11.8 Å². The maximum Gasteiger partial charge on any atom is 0.309 e. The van der Waals surface area contributed by atoms with Gasteiger partial charge in [0.05, 0.1) is 24.6 Å². The van der Waals surface area contributed by atoms with Crippen molar-refractivity contribution in [2.24, 2.45) is 5.92 Å². The molecule has 0 aromatic heterocycles. The molecule has 2 fully saturated rings. The van der Waals surface area contributed by atoms with Crippen LogP contribution in [0.15, 0.2) is 24.3 Å². The zero-order chi connectivity index (χ0) is 22.7. The first-order valence-corrected chi connectivity index (χ1v) is 11.3. The number of fused-ring (bicyclic) bond motifs is 1. The summed E-state index contributed by atoms with van der Waals surface area (Å²) in [5.74, 6) is -0.714. The number of likely N-dealkylation sites (tertiary alicyclic amines) is 2. The normalized spacial score (nSPS) is 23.8. The van der Waals surface area contributed by atoms with E-state index in [4.69, 9.17) is 4.74 Å². The molecule has 172 valence electrons. The smallest absolute Gasteiger partial charge is 0.309 e. The fourth-order valence-corrected chi connectivity index (χ4v) is 4.72. The van der Waals surface area contributed by atoms with E-state index in [1.807, 2.05) is 18.2 Å². The quantitative estimate of drug-likeness (QED) is 0.682. The summed E-state index contributed by atoms with van der Waals surface area (Å²) in [6, 6.07) is 7.32. The Bertz CT molecular complexity index is 911. The standard InChI is InChI=1S/C23H30N4O5/c1-2-32-22(31)16-8-12-26(13-9-16)20(29)15-27-14-11-23(10-7-19(27)28)24-18-6-4-3-5-17(18)21(30)25-23/h3-6,16,24H,2,7-15H2,1H3,(H,25,30)/t23-/m0/s1. The number of esters is 1. The van der Waals surface area contributed by atoms with Gasteiger partial charge in [-0.2, -0.15) is 0 Å². The molecule has 3 heterocycles. The molecule has 1 spiro atoms. The maximum atomic E-state index is 12.8. The fraction of sp³-hybridized carbons (Fsp3) is 0.565. The minimum absolute atomic E-state index is 0.0174. The molecule has 9 nitrogen and oxygen atoms in total. The number of carbonyl (C=O) groups excluding carboxylic acids is 4. The van der Waals surface area contributed by atoms with E-state index in [0.29, 0.717) is 57.5 Å². The summed E-state index contributed by atoms with van der Waals surface area (Å²) in [6.07, 6.45) is 2.38. The molecule has 0 aliphatic carbocycles. The molecule has 0 radical (unpaired) electrons. The van der Waals surface area contributed by atoms with E-state index in [0.717, 1.165) is 5.69 Å². The van der Waals surface area contributed by atoms with Gasteiger partial charge in [0.25, 0.3) is 5.91 Å². The molecule has 1 atom stereocenters. The van der Waals surface area contributed by atoms with Gasteiger partial charge in [0, 0.05) is 38.2 Å². The Hall–Kier alpha value is -3.10. The molecule has 1 aromatic rings. The summed E-state index contributed by atoms with van der Waals surface area (Å²) in [4.78, 5) is 53.4. The second kappa shape index (κ2) is 9.18. The summed E-state index contributed by atoms with van der Waals surface area (Å²) in [5.41, 5.74) is 0.654. The van der Waals surface area contributed by atoms with Crippen LogP contribution in [0.5, 0.6) is 0 Å². The van der Waals surface area contributed by atoms with E-state index >= 15 is 0 Å². The molecule has 2 saturated heterocycles. The first-order valence-electron chi connectivity index (χ1n) is 11.3. The number of amides is 3. The van der Waals surface area contributed by atoms with Crippen molar-refractivity contribution in [1.82, 2.24) is 15.1 Å². The van der Waals surface area contributed by atoms with Crippen molar-refractivity contribution in [1.29, 1.82) is 0 Å².